The third-order valence-electron chi connectivity index (χ3n) is 3.41. The molecule has 2 heterocycles. The van der Waals surface area contributed by atoms with E-state index in [4.69, 9.17) is 5.11 Å². The number of anilines is 1. The maximum atomic E-state index is 8.82. The molecular weight excluding hydrogens is 310 g/mol. The number of nitrogens with one attached hydrogen (secondary N) is 1. The first-order valence-electron chi connectivity index (χ1n) is 7.49. The Morgan fingerprint density at radius 3 is 2.87 bits per heavy atom. The number of thioether (sulfide) groups is 1. The van der Waals surface area contributed by atoms with Crippen molar-refractivity contribution in [2.24, 2.45) is 0 Å². The summed E-state index contributed by atoms with van der Waals surface area (Å²) in [6.45, 7) is 2.93. The Morgan fingerprint density at radius 2 is 2.09 bits per heavy atom. The predicted molar refractivity (Wildman–Crippen MR) is 94.3 cm³/mol. The molecule has 6 nitrogen and oxygen atoms in total. The highest BCUT2D eigenvalue weighted by Crippen LogP contribution is 2.21. The molecule has 3 aromatic rings. The summed E-state index contributed by atoms with van der Waals surface area (Å²) in [5.74, 6) is 3.96. The van der Waals surface area contributed by atoms with E-state index in [1.807, 2.05) is 42.0 Å². The van der Waals surface area contributed by atoms with Gasteiger partial charge in [0.15, 0.2) is 0 Å². The largest absolute Gasteiger partial charge is 0.396 e. The molecule has 0 aliphatic carbocycles. The van der Waals surface area contributed by atoms with Gasteiger partial charge in [-0.15, -0.1) is 0 Å². The second kappa shape index (κ2) is 7.43. The van der Waals surface area contributed by atoms with E-state index in [-0.39, 0.29) is 6.61 Å². The highest BCUT2D eigenvalue weighted by molar-refractivity contribution is 7.99. The lowest BCUT2D eigenvalue weighted by Gasteiger charge is -2.11. The molecule has 0 saturated carbocycles. The van der Waals surface area contributed by atoms with E-state index >= 15 is 0 Å². The van der Waals surface area contributed by atoms with Crippen LogP contribution >= 0.6 is 11.8 Å². The van der Waals surface area contributed by atoms with Gasteiger partial charge in [0, 0.05) is 35.8 Å². The average molecular weight is 329 g/mol. The summed E-state index contributed by atoms with van der Waals surface area (Å²) in [6, 6.07) is 7.96. The van der Waals surface area contributed by atoms with Gasteiger partial charge in [-0.1, -0.05) is 12.1 Å². The van der Waals surface area contributed by atoms with Crippen LogP contribution in [0, 0.1) is 6.92 Å². The van der Waals surface area contributed by atoms with Crippen molar-refractivity contribution in [1.82, 2.24) is 19.5 Å². The SMILES string of the molecule is Cc1nccn1-c1nc(NCCSCCO)c2ccccc2n1. The molecule has 120 valence electrons. The Labute approximate surface area is 139 Å². The number of para-hydroxylation sites is 1. The Balaban J connectivity index is 1.90. The van der Waals surface area contributed by atoms with Gasteiger partial charge in [-0.05, 0) is 19.1 Å². The van der Waals surface area contributed by atoms with Crippen molar-refractivity contribution in [3.05, 3.63) is 42.5 Å². The monoisotopic (exact) mass is 329 g/mol. The lowest BCUT2D eigenvalue weighted by molar-refractivity contribution is 0.322. The lowest BCUT2D eigenvalue weighted by atomic mass is 10.2. The smallest absolute Gasteiger partial charge is 0.237 e. The molecular formula is C16H19N5OS. The summed E-state index contributed by atoms with van der Waals surface area (Å²) in [5, 5.41) is 13.2. The number of nitrogens with zero attached hydrogens (tertiary/aromatic N) is 4. The molecule has 7 heteroatoms. The number of aryl methyl sites for hydroxylation is 1. The van der Waals surface area contributed by atoms with E-state index < -0.39 is 0 Å². The Hall–Kier alpha value is -2.12. The van der Waals surface area contributed by atoms with Crippen molar-refractivity contribution in [1.29, 1.82) is 0 Å². The fourth-order valence-electron chi connectivity index (χ4n) is 2.30. The zero-order chi connectivity index (χ0) is 16.1. The van der Waals surface area contributed by atoms with Crippen LogP contribution in [0.2, 0.25) is 0 Å². The highest BCUT2D eigenvalue weighted by atomic mass is 32.2. The van der Waals surface area contributed by atoms with Crippen molar-refractivity contribution < 1.29 is 5.11 Å². The van der Waals surface area contributed by atoms with Crippen LogP contribution in [0.4, 0.5) is 5.82 Å². The van der Waals surface area contributed by atoms with Crippen LogP contribution in [-0.4, -0.2) is 49.3 Å². The highest BCUT2D eigenvalue weighted by Gasteiger charge is 2.10. The molecule has 0 aliphatic rings. The molecule has 0 bridgehead atoms. The molecule has 0 amide bonds. The summed E-state index contributed by atoms with van der Waals surface area (Å²) in [6.07, 6.45) is 3.60. The summed E-state index contributed by atoms with van der Waals surface area (Å²) in [7, 11) is 0. The van der Waals surface area contributed by atoms with Gasteiger partial charge in [0.05, 0.1) is 12.1 Å². The number of aromatic nitrogens is 4. The molecule has 2 N–H and O–H groups in total. The van der Waals surface area contributed by atoms with E-state index in [9.17, 15) is 0 Å². The van der Waals surface area contributed by atoms with Crippen molar-refractivity contribution in [2.75, 3.05) is 30.0 Å². The van der Waals surface area contributed by atoms with Gasteiger partial charge in [-0.25, -0.2) is 9.97 Å². The number of aliphatic hydroxyl groups is 1. The fraction of sp³-hybridized carbons (Fsp3) is 0.312. The van der Waals surface area contributed by atoms with Crippen molar-refractivity contribution in [3.8, 4) is 5.95 Å². The summed E-state index contributed by atoms with van der Waals surface area (Å²) in [4.78, 5) is 13.5. The standard InChI is InChI=1S/C16H19N5OS/c1-12-17-6-8-21(12)16-19-14-5-3-2-4-13(14)15(20-16)18-7-10-23-11-9-22/h2-6,8,22H,7,9-11H2,1H3,(H,18,19,20). The van der Waals surface area contributed by atoms with Gasteiger partial charge >= 0.3 is 0 Å². The molecule has 0 saturated heterocycles. The van der Waals surface area contributed by atoms with Gasteiger partial charge in [-0.3, -0.25) is 4.57 Å². The van der Waals surface area contributed by atoms with E-state index in [1.54, 1.807) is 18.0 Å². The second-order valence-electron chi connectivity index (χ2n) is 5.00. The molecule has 0 aliphatic heterocycles. The van der Waals surface area contributed by atoms with E-state index in [0.717, 1.165) is 40.6 Å². The van der Waals surface area contributed by atoms with Crippen LogP contribution in [0.3, 0.4) is 0 Å². The minimum absolute atomic E-state index is 0.213. The lowest BCUT2D eigenvalue weighted by Crippen LogP contribution is -2.10. The average Bonchev–Trinajstić information content (AvgIpc) is 3.00. The first-order valence-corrected chi connectivity index (χ1v) is 8.64. The van der Waals surface area contributed by atoms with Crippen LogP contribution in [0.1, 0.15) is 5.82 Å². The van der Waals surface area contributed by atoms with Crippen LogP contribution in [0.25, 0.3) is 16.9 Å². The van der Waals surface area contributed by atoms with Crippen LogP contribution in [0.15, 0.2) is 36.7 Å². The zero-order valence-corrected chi connectivity index (χ0v) is 13.8. The fourth-order valence-corrected chi connectivity index (χ4v) is 2.88. The first-order chi connectivity index (χ1) is 11.3. The number of hydrogen-bond acceptors (Lipinski definition) is 6. The number of imidazole rings is 1. The summed E-state index contributed by atoms with van der Waals surface area (Å²) >= 11 is 1.71. The van der Waals surface area contributed by atoms with Gasteiger partial charge in [0.2, 0.25) is 5.95 Å². The summed E-state index contributed by atoms with van der Waals surface area (Å²) in [5.41, 5.74) is 0.899. The van der Waals surface area contributed by atoms with Crippen molar-refractivity contribution >= 4 is 28.5 Å². The van der Waals surface area contributed by atoms with Gasteiger partial charge in [0.1, 0.15) is 11.6 Å². The van der Waals surface area contributed by atoms with Crippen molar-refractivity contribution in [2.45, 2.75) is 6.92 Å². The quantitative estimate of drug-likeness (QED) is 0.648. The molecule has 0 unspecified atom stereocenters. The number of rotatable bonds is 7. The zero-order valence-electron chi connectivity index (χ0n) is 12.9. The number of fused-ring (bicyclic) bond motifs is 1. The first kappa shape index (κ1) is 15.8. The minimum atomic E-state index is 0.213. The normalized spacial score (nSPS) is 11.0. The third kappa shape index (κ3) is 3.62. The van der Waals surface area contributed by atoms with E-state index in [0.29, 0.717) is 5.95 Å². The van der Waals surface area contributed by atoms with Gasteiger partial charge < -0.3 is 10.4 Å². The van der Waals surface area contributed by atoms with E-state index in [1.165, 1.54) is 0 Å². The summed E-state index contributed by atoms with van der Waals surface area (Å²) < 4.78 is 1.87. The molecule has 0 radical (unpaired) electrons. The minimum Gasteiger partial charge on any atom is -0.396 e. The molecule has 23 heavy (non-hydrogen) atoms. The van der Waals surface area contributed by atoms with Gasteiger partial charge in [-0.2, -0.15) is 16.7 Å². The molecule has 0 spiro atoms. The number of hydrogen-bond donors (Lipinski definition) is 2. The molecule has 1 aromatic carbocycles. The Morgan fingerprint density at radius 1 is 1.22 bits per heavy atom. The second-order valence-corrected chi connectivity index (χ2v) is 6.22. The molecule has 2 aromatic heterocycles. The van der Waals surface area contributed by atoms with Crippen LogP contribution in [-0.2, 0) is 0 Å². The van der Waals surface area contributed by atoms with Crippen LogP contribution in [0.5, 0.6) is 0 Å². The molecule has 3 rings (SSSR count). The van der Waals surface area contributed by atoms with Crippen LogP contribution < -0.4 is 5.32 Å². The van der Waals surface area contributed by atoms with E-state index in [2.05, 4.69) is 20.3 Å². The maximum absolute atomic E-state index is 8.82. The predicted octanol–water partition coefficient (Wildman–Crippen LogP) is 2.26. The Bertz CT molecular complexity index is 789. The topological polar surface area (TPSA) is 75.9 Å². The number of aliphatic hydroxyl groups excluding tert-OH is 1. The van der Waals surface area contributed by atoms with Crippen molar-refractivity contribution in [3.63, 3.8) is 0 Å². The third-order valence-corrected chi connectivity index (χ3v) is 4.37. The molecule has 0 fully saturated rings. The molecule has 0 atom stereocenters. The Kier molecular flexibility index (Phi) is 5.09. The number of benzene rings is 1. The van der Waals surface area contributed by atoms with Gasteiger partial charge in [0.25, 0.3) is 0 Å². The maximum Gasteiger partial charge on any atom is 0.237 e.